The Morgan fingerprint density at radius 1 is 1.19 bits per heavy atom. The number of amides is 1. The zero-order valence-corrected chi connectivity index (χ0v) is 15.2. The van der Waals surface area contributed by atoms with Gasteiger partial charge in [-0.05, 0) is 48.7 Å². The molecule has 0 fully saturated rings. The minimum absolute atomic E-state index is 0.0220. The molecule has 27 heavy (non-hydrogen) atoms. The second-order valence-electron chi connectivity index (χ2n) is 6.06. The highest BCUT2D eigenvalue weighted by atomic mass is 16.5. The lowest BCUT2D eigenvalue weighted by Gasteiger charge is -2.04. The Bertz CT molecular complexity index is 847. The average molecular weight is 366 g/mol. The van der Waals surface area contributed by atoms with Gasteiger partial charge in [0, 0.05) is 37.3 Å². The van der Waals surface area contributed by atoms with Crippen LogP contribution < -0.4 is 10.1 Å². The van der Waals surface area contributed by atoms with Crippen molar-refractivity contribution in [3.05, 3.63) is 60.2 Å². The summed E-state index contributed by atoms with van der Waals surface area (Å²) in [5.74, 6) is 1.86. The lowest BCUT2D eigenvalue weighted by molar-refractivity contribution is -0.121. The number of methoxy groups -OCH3 is 1. The number of carbonyl (C=O) groups is 1. The summed E-state index contributed by atoms with van der Waals surface area (Å²) in [6.07, 6.45) is 5.96. The van der Waals surface area contributed by atoms with Crippen LogP contribution in [-0.4, -0.2) is 34.7 Å². The van der Waals surface area contributed by atoms with Crippen molar-refractivity contribution in [2.24, 2.45) is 0 Å². The molecule has 0 saturated heterocycles. The zero-order chi connectivity index (χ0) is 18.9. The van der Waals surface area contributed by atoms with E-state index in [0.717, 1.165) is 23.3 Å². The number of nitrogens with zero attached hydrogens (tertiary/aromatic N) is 3. The predicted octanol–water partition coefficient (Wildman–Crippen LogP) is 2.82. The van der Waals surface area contributed by atoms with E-state index >= 15 is 0 Å². The third kappa shape index (κ3) is 5.64. The summed E-state index contributed by atoms with van der Waals surface area (Å²) in [6.45, 7) is 0.604. The molecular weight excluding hydrogens is 344 g/mol. The molecule has 140 valence electrons. The molecular formula is C20H22N4O3. The van der Waals surface area contributed by atoms with E-state index in [4.69, 9.17) is 9.26 Å². The van der Waals surface area contributed by atoms with Gasteiger partial charge in [0.05, 0.1) is 7.11 Å². The van der Waals surface area contributed by atoms with E-state index in [0.29, 0.717) is 37.5 Å². The Balaban J connectivity index is 1.38. The summed E-state index contributed by atoms with van der Waals surface area (Å²) < 4.78 is 10.4. The van der Waals surface area contributed by atoms with Crippen molar-refractivity contribution >= 4 is 5.91 Å². The van der Waals surface area contributed by atoms with Crippen molar-refractivity contribution in [3.8, 4) is 17.1 Å². The Hall–Kier alpha value is -3.22. The molecule has 0 unspecified atom stereocenters. The quantitative estimate of drug-likeness (QED) is 0.626. The van der Waals surface area contributed by atoms with Gasteiger partial charge < -0.3 is 14.6 Å². The van der Waals surface area contributed by atoms with Crippen molar-refractivity contribution in [1.82, 2.24) is 20.4 Å². The first kappa shape index (κ1) is 18.6. The summed E-state index contributed by atoms with van der Waals surface area (Å²) in [5, 5.41) is 6.90. The van der Waals surface area contributed by atoms with Gasteiger partial charge in [-0.25, -0.2) is 0 Å². The van der Waals surface area contributed by atoms with Crippen LogP contribution in [0.15, 0.2) is 53.3 Å². The van der Waals surface area contributed by atoms with Crippen LogP contribution in [0, 0.1) is 0 Å². The molecule has 3 rings (SSSR count). The molecule has 0 spiro atoms. The molecule has 3 aromatic rings. The van der Waals surface area contributed by atoms with Gasteiger partial charge in [0.25, 0.3) is 0 Å². The molecule has 1 amide bonds. The van der Waals surface area contributed by atoms with Gasteiger partial charge in [0.1, 0.15) is 5.75 Å². The van der Waals surface area contributed by atoms with Gasteiger partial charge in [0.2, 0.25) is 17.6 Å². The van der Waals surface area contributed by atoms with Crippen LogP contribution in [0.1, 0.15) is 24.3 Å². The van der Waals surface area contributed by atoms with E-state index in [1.165, 1.54) is 0 Å². The maximum atomic E-state index is 11.9. The van der Waals surface area contributed by atoms with Crippen LogP contribution in [-0.2, 0) is 17.6 Å². The maximum absolute atomic E-state index is 11.9. The Morgan fingerprint density at radius 2 is 2.04 bits per heavy atom. The number of aryl methyl sites for hydroxylation is 1. The van der Waals surface area contributed by atoms with Gasteiger partial charge in [-0.2, -0.15) is 4.98 Å². The molecule has 7 heteroatoms. The summed E-state index contributed by atoms with van der Waals surface area (Å²) in [4.78, 5) is 20.3. The number of ether oxygens (including phenoxy) is 1. The van der Waals surface area contributed by atoms with E-state index < -0.39 is 0 Å². The second-order valence-corrected chi connectivity index (χ2v) is 6.06. The Kier molecular flexibility index (Phi) is 6.51. The minimum atomic E-state index is 0.0220. The van der Waals surface area contributed by atoms with Gasteiger partial charge in [-0.3, -0.25) is 9.78 Å². The van der Waals surface area contributed by atoms with Crippen molar-refractivity contribution in [2.75, 3.05) is 13.7 Å². The van der Waals surface area contributed by atoms with Crippen LogP contribution >= 0.6 is 0 Å². The standard InChI is InChI=1S/C20H22N4O3/c1-26-17-9-7-16(8-10-17)20-23-19(27-24-20)6-2-5-18(25)22-13-11-15-4-3-12-21-14-15/h3-4,7-10,12,14H,2,5-6,11,13H2,1H3,(H,22,25). The van der Waals surface area contributed by atoms with Crippen molar-refractivity contribution in [3.63, 3.8) is 0 Å². The number of nitrogens with one attached hydrogen (secondary N) is 1. The third-order valence-corrected chi connectivity index (χ3v) is 4.07. The van der Waals surface area contributed by atoms with E-state index in [2.05, 4.69) is 20.4 Å². The fourth-order valence-electron chi connectivity index (χ4n) is 2.59. The zero-order valence-electron chi connectivity index (χ0n) is 15.2. The molecule has 0 aliphatic heterocycles. The molecule has 0 atom stereocenters. The summed E-state index contributed by atoms with van der Waals surface area (Å²) >= 11 is 0. The largest absolute Gasteiger partial charge is 0.497 e. The van der Waals surface area contributed by atoms with Crippen LogP contribution in [0.2, 0.25) is 0 Å². The van der Waals surface area contributed by atoms with Gasteiger partial charge >= 0.3 is 0 Å². The molecule has 0 aliphatic carbocycles. The van der Waals surface area contributed by atoms with Crippen molar-refractivity contribution in [2.45, 2.75) is 25.7 Å². The van der Waals surface area contributed by atoms with Gasteiger partial charge in [-0.15, -0.1) is 0 Å². The highest BCUT2D eigenvalue weighted by Gasteiger charge is 2.10. The van der Waals surface area contributed by atoms with E-state index in [1.807, 2.05) is 42.6 Å². The SMILES string of the molecule is COc1ccc(-c2noc(CCCC(=O)NCCc3cccnc3)n2)cc1. The molecule has 2 aromatic heterocycles. The number of carbonyl (C=O) groups excluding carboxylic acids is 1. The lowest BCUT2D eigenvalue weighted by atomic mass is 10.2. The van der Waals surface area contributed by atoms with Crippen LogP contribution in [0.25, 0.3) is 11.4 Å². The minimum Gasteiger partial charge on any atom is -0.497 e. The van der Waals surface area contributed by atoms with Crippen molar-refractivity contribution in [1.29, 1.82) is 0 Å². The van der Waals surface area contributed by atoms with Gasteiger partial charge in [-0.1, -0.05) is 11.2 Å². The molecule has 1 aromatic carbocycles. The predicted molar refractivity (Wildman–Crippen MR) is 100 cm³/mol. The third-order valence-electron chi connectivity index (χ3n) is 4.07. The monoisotopic (exact) mass is 366 g/mol. The number of hydrogen-bond donors (Lipinski definition) is 1. The number of rotatable bonds is 9. The fourth-order valence-corrected chi connectivity index (χ4v) is 2.59. The molecule has 0 bridgehead atoms. The van der Waals surface area contributed by atoms with Crippen molar-refractivity contribution < 1.29 is 14.1 Å². The maximum Gasteiger partial charge on any atom is 0.226 e. The average Bonchev–Trinajstić information content (AvgIpc) is 3.18. The first-order valence-electron chi connectivity index (χ1n) is 8.87. The number of benzene rings is 1. The summed E-state index contributed by atoms with van der Waals surface area (Å²) in [6, 6.07) is 11.3. The first-order chi connectivity index (χ1) is 13.2. The topological polar surface area (TPSA) is 90.1 Å². The number of pyridine rings is 1. The normalized spacial score (nSPS) is 10.6. The first-order valence-corrected chi connectivity index (χ1v) is 8.87. The van der Waals surface area contributed by atoms with E-state index in [9.17, 15) is 4.79 Å². The smallest absolute Gasteiger partial charge is 0.226 e. The molecule has 0 radical (unpaired) electrons. The molecule has 1 N–H and O–H groups in total. The number of hydrogen-bond acceptors (Lipinski definition) is 6. The fraction of sp³-hybridized carbons (Fsp3) is 0.300. The molecule has 0 aliphatic rings. The summed E-state index contributed by atoms with van der Waals surface area (Å²) in [7, 11) is 1.62. The lowest BCUT2D eigenvalue weighted by Crippen LogP contribution is -2.25. The number of aromatic nitrogens is 3. The Labute approximate surface area is 157 Å². The second kappa shape index (κ2) is 9.47. The summed E-state index contributed by atoms with van der Waals surface area (Å²) in [5.41, 5.74) is 1.97. The highest BCUT2D eigenvalue weighted by molar-refractivity contribution is 5.75. The van der Waals surface area contributed by atoms with E-state index in [1.54, 1.807) is 13.3 Å². The van der Waals surface area contributed by atoms with Crippen LogP contribution in [0.3, 0.4) is 0 Å². The molecule has 0 saturated carbocycles. The molecule has 7 nitrogen and oxygen atoms in total. The van der Waals surface area contributed by atoms with Gasteiger partial charge in [0.15, 0.2) is 0 Å². The Morgan fingerprint density at radius 3 is 2.78 bits per heavy atom. The van der Waals surface area contributed by atoms with Crippen LogP contribution in [0.4, 0.5) is 0 Å². The van der Waals surface area contributed by atoms with E-state index in [-0.39, 0.29) is 5.91 Å². The van der Waals surface area contributed by atoms with Crippen LogP contribution in [0.5, 0.6) is 5.75 Å². The highest BCUT2D eigenvalue weighted by Crippen LogP contribution is 2.20. The molecule has 2 heterocycles.